The summed E-state index contributed by atoms with van der Waals surface area (Å²) < 4.78 is 20.8. The highest BCUT2D eigenvalue weighted by Crippen LogP contribution is 2.35. The monoisotopic (exact) mass is 429 g/mol. The van der Waals surface area contributed by atoms with Crippen molar-refractivity contribution in [2.75, 3.05) is 5.73 Å². The molecule has 0 radical (unpaired) electrons. The molecule has 2 aromatic carbocycles. The van der Waals surface area contributed by atoms with Crippen LogP contribution < -0.4 is 10.5 Å². The third-order valence-electron chi connectivity index (χ3n) is 4.07. The standard InChI is InChI=1S/C20H14Cl2FN5O/c1-11-25-19(22)18(24)20(26-11)29-17-10-15(12-6-8-13(23)9-7-12)27-28(17)16-5-3-2-4-14(16)21/h2-10H,24H2,1H3. The van der Waals surface area contributed by atoms with Crippen molar-refractivity contribution in [3.63, 3.8) is 0 Å². The van der Waals surface area contributed by atoms with E-state index in [9.17, 15) is 4.39 Å². The van der Waals surface area contributed by atoms with Gasteiger partial charge >= 0.3 is 0 Å². The fourth-order valence-electron chi connectivity index (χ4n) is 2.69. The van der Waals surface area contributed by atoms with Gasteiger partial charge in [-0.05, 0) is 43.3 Å². The van der Waals surface area contributed by atoms with Crippen LogP contribution in [0.5, 0.6) is 11.8 Å². The number of nitrogen functional groups attached to an aromatic ring is 1. The number of halogens is 3. The minimum Gasteiger partial charge on any atom is -0.418 e. The lowest BCUT2D eigenvalue weighted by atomic mass is 10.1. The molecule has 0 atom stereocenters. The molecule has 0 bridgehead atoms. The first-order valence-electron chi connectivity index (χ1n) is 8.51. The Kier molecular flexibility index (Phi) is 5.08. The van der Waals surface area contributed by atoms with E-state index in [0.717, 1.165) is 0 Å². The smallest absolute Gasteiger partial charge is 0.249 e. The van der Waals surface area contributed by atoms with E-state index in [0.29, 0.717) is 33.7 Å². The maximum absolute atomic E-state index is 13.3. The molecule has 0 aliphatic carbocycles. The first-order chi connectivity index (χ1) is 13.9. The topological polar surface area (TPSA) is 78.9 Å². The van der Waals surface area contributed by atoms with Gasteiger partial charge in [-0.1, -0.05) is 35.3 Å². The maximum atomic E-state index is 13.3. The summed E-state index contributed by atoms with van der Waals surface area (Å²) in [6, 6.07) is 14.8. The van der Waals surface area contributed by atoms with Crippen LogP contribution in [-0.4, -0.2) is 19.7 Å². The average Bonchev–Trinajstić information content (AvgIpc) is 3.10. The van der Waals surface area contributed by atoms with E-state index < -0.39 is 0 Å². The van der Waals surface area contributed by atoms with Crippen molar-refractivity contribution in [1.29, 1.82) is 0 Å². The zero-order valence-corrected chi connectivity index (χ0v) is 16.6. The average molecular weight is 430 g/mol. The van der Waals surface area contributed by atoms with Gasteiger partial charge in [-0.3, -0.25) is 0 Å². The van der Waals surface area contributed by atoms with Crippen LogP contribution in [-0.2, 0) is 0 Å². The number of rotatable bonds is 4. The second-order valence-corrected chi connectivity index (χ2v) is 6.89. The van der Waals surface area contributed by atoms with Gasteiger partial charge in [-0.25, -0.2) is 9.37 Å². The first-order valence-corrected chi connectivity index (χ1v) is 9.26. The van der Waals surface area contributed by atoms with Gasteiger partial charge in [0.05, 0.1) is 16.4 Å². The number of ether oxygens (including phenoxy) is 1. The van der Waals surface area contributed by atoms with E-state index >= 15 is 0 Å². The predicted octanol–water partition coefficient (Wildman–Crippen LogP) is 5.46. The van der Waals surface area contributed by atoms with Gasteiger partial charge in [-0.15, -0.1) is 0 Å². The first kappa shape index (κ1) is 19.2. The number of nitrogens with two attached hydrogens (primary N) is 1. The molecule has 0 amide bonds. The second kappa shape index (κ2) is 7.69. The SMILES string of the molecule is Cc1nc(Cl)c(N)c(Oc2cc(-c3ccc(F)cc3)nn2-c2ccccc2Cl)n1. The van der Waals surface area contributed by atoms with Crippen molar-refractivity contribution < 1.29 is 9.13 Å². The fourth-order valence-corrected chi connectivity index (χ4v) is 3.11. The van der Waals surface area contributed by atoms with Crippen LogP contribution in [0.15, 0.2) is 54.6 Å². The molecule has 9 heteroatoms. The third-order valence-corrected chi connectivity index (χ3v) is 4.68. The summed E-state index contributed by atoms with van der Waals surface area (Å²) in [7, 11) is 0. The van der Waals surface area contributed by atoms with Crippen molar-refractivity contribution in [2.24, 2.45) is 0 Å². The van der Waals surface area contributed by atoms with Crippen LogP contribution in [0.2, 0.25) is 10.2 Å². The zero-order chi connectivity index (χ0) is 20.5. The normalized spacial score (nSPS) is 10.9. The lowest BCUT2D eigenvalue weighted by Gasteiger charge is -2.11. The van der Waals surface area contributed by atoms with Crippen molar-refractivity contribution in [3.8, 4) is 28.7 Å². The molecule has 2 N–H and O–H groups in total. The maximum Gasteiger partial charge on any atom is 0.249 e. The van der Waals surface area contributed by atoms with E-state index in [1.807, 2.05) is 12.1 Å². The van der Waals surface area contributed by atoms with Crippen LogP contribution in [0.25, 0.3) is 16.9 Å². The molecule has 146 valence electrons. The predicted molar refractivity (Wildman–Crippen MR) is 110 cm³/mol. The Morgan fingerprint density at radius 2 is 1.76 bits per heavy atom. The number of para-hydroxylation sites is 1. The lowest BCUT2D eigenvalue weighted by Crippen LogP contribution is -2.04. The number of hydrogen-bond donors (Lipinski definition) is 1. The molecular weight excluding hydrogens is 416 g/mol. The molecule has 0 aliphatic rings. The number of benzene rings is 2. The molecule has 0 spiro atoms. The number of nitrogens with zero attached hydrogens (tertiary/aromatic N) is 4. The van der Waals surface area contributed by atoms with Crippen LogP contribution in [0, 0.1) is 12.7 Å². The number of hydrogen-bond acceptors (Lipinski definition) is 5. The number of aromatic nitrogens is 4. The van der Waals surface area contributed by atoms with Gasteiger partial charge in [-0.2, -0.15) is 14.8 Å². The molecule has 2 aromatic heterocycles. The molecule has 4 aromatic rings. The highest BCUT2D eigenvalue weighted by Gasteiger charge is 2.18. The minimum absolute atomic E-state index is 0.0927. The molecule has 0 aliphatic heterocycles. The molecule has 0 fully saturated rings. The molecule has 0 saturated carbocycles. The summed E-state index contributed by atoms with van der Waals surface area (Å²) in [5.41, 5.74) is 7.92. The van der Waals surface area contributed by atoms with Crippen molar-refractivity contribution in [3.05, 3.63) is 76.4 Å². The summed E-state index contributed by atoms with van der Waals surface area (Å²) >= 11 is 12.4. The highest BCUT2D eigenvalue weighted by molar-refractivity contribution is 6.32. The molecule has 6 nitrogen and oxygen atoms in total. The van der Waals surface area contributed by atoms with Gasteiger partial charge in [0.2, 0.25) is 11.8 Å². The van der Waals surface area contributed by atoms with E-state index in [2.05, 4.69) is 15.1 Å². The Labute approximate surface area is 175 Å². The number of anilines is 1. The van der Waals surface area contributed by atoms with Crippen LogP contribution in [0.4, 0.5) is 10.1 Å². The second-order valence-electron chi connectivity index (χ2n) is 6.12. The highest BCUT2D eigenvalue weighted by atomic mass is 35.5. The molecule has 0 saturated heterocycles. The van der Waals surface area contributed by atoms with Crippen LogP contribution >= 0.6 is 23.2 Å². The molecule has 29 heavy (non-hydrogen) atoms. The Balaban J connectivity index is 1.85. The van der Waals surface area contributed by atoms with E-state index in [1.165, 1.54) is 16.8 Å². The third kappa shape index (κ3) is 3.87. The summed E-state index contributed by atoms with van der Waals surface area (Å²) in [5.74, 6) is 0.469. The minimum atomic E-state index is -0.338. The summed E-state index contributed by atoms with van der Waals surface area (Å²) in [5, 5.41) is 5.14. The van der Waals surface area contributed by atoms with Crippen molar-refractivity contribution >= 4 is 28.9 Å². The van der Waals surface area contributed by atoms with E-state index in [-0.39, 0.29) is 22.5 Å². The van der Waals surface area contributed by atoms with Gasteiger partial charge in [0.25, 0.3) is 0 Å². The summed E-state index contributed by atoms with van der Waals surface area (Å²) in [6.45, 7) is 1.67. The van der Waals surface area contributed by atoms with Crippen molar-refractivity contribution in [1.82, 2.24) is 19.7 Å². The summed E-state index contributed by atoms with van der Waals surface area (Å²) in [6.07, 6.45) is 0. The molecule has 0 unspecified atom stereocenters. The molecule has 4 rings (SSSR count). The van der Waals surface area contributed by atoms with E-state index in [4.69, 9.17) is 33.7 Å². The zero-order valence-electron chi connectivity index (χ0n) is 15.1. The van der Waals surface area contributed by atoms with E-state index in [1.54, 1.807) is 37.3 Å². The Bertz CT molecular complexity index is 1190. The Morgan fingerprint density at radius 1 is 1.03 bits per heavy atom. The van der Waals surface area contributed by atoms with Gasteiger partial charge in [0.15, 0.2) is 5.15 Å². The van der Waals surface area contributed by atoms with Crippen molar-refractivity contribution in [2.45, 2.75) is 6.92 Å². The van der Waals surface area contributed by atoms with Crippen LogP contribution in [0.1, 0.15) is 5.82 Å². The molecular formula is C20H14Cl2FN5O. The summed E-state index contributed by atoms with van der Waals surface area (Å²) in [4.78, 5) is 8.21. The van der Waals surface area contributed by atoms with Gasteiger partial charge in [0.1, 0.15) is 17.3 Å². The van der Waals surface area contributed by atoms with Gasteiger partial charge < -0.3 is 10.5 Å². The van der Waals surface area contributed by atoms with Gasteiger partial charge in [0, 0.05) is 11.6 Å². The van der Waals surface area contributed by atoms with Crippen LogP contribution in [0.3, 0.4) is 0 Å². The Hall–Kier alpha value is -3.16. The largest absolute Gasteiger partial charge is 0.418 e. The Morgan fingerprint density at radius 3 is 2.48 bits per heavy atom. The quantitative estimate of drug-likeness (QED) is 0.435. The molecule has 2 heterocycles. The fraction of sp³-hybridized carbons (Fsp3) is 0.0500. The lowest BCUT2D eigenvalue weighted by molar-refractivity contribution is 0.428. The number of aryl methyl sites for hydroxylation is 1.